The van der Waals surface area contributed by atoms with Crippen LogP contribution in [0.4, 0.5) is 0 Å². The Morgan fingerprint density at radius 2 is 0.972 bits per heavy atom. The quantitative estimate of drug-likeness (QED) is 0.278. The molecule has 0 amide bonds. The average Bonchev–Trinajstić information content (AvgIpc) is 3.44. The van der Waals surface area contributed by atoms with Crippen LogP contribution in [-0.2, 0) is 11.5 Å². The summed E-state index contributed by atoms with van der Waals surface area (Å²) in [5.74, 6) is 4.19. The van der Waals surface area contributed by atoms with Crippen LogP contribution in [0.15, 0.2) is 77.9 Å². The van der Waals surface area contributed by atoms with Gasteiger partial charge in [-0.05, 0) is 37.1 Å². The zero-order valence-corrected chi connectivity index (χ0v) is 26.1. The lowest BCUT2D eigenvalue weighted by atomic mass is 10.2. The van der Waals surface area contributed by atoms with Crippen LogP contribution >= 0.6 is 94.1 Å². The zero-order chi connectivity index (χ0) is 24.3. The highest BCUT2D eigenvalue weighted by Gasteiger charge is 2.52. The molecule has 0 aliphatic carbocycles. The first kappa shape index (κ1) is 25.1. The van der Waals surface area contributed by atoms with Crippen molar-refractivity contribution in [1.29, 1.82) is 0 Å². The van der Waals surface area contributed by atoms with E-state index >= 15 is 0 Å². The third-order valence-corrected chi connectivity index (χ3v) is 19.6. The predicted octanol–water partition coefficient (Wildman–Crippen LogP) is 10.2. The average molecular weight is 623 g/mol. The molecule has 186 valence electrons. The van der Waals surface area contributed by atoms with Gasteiger partial charge in [0.25, 0.3) is 0 Å². The molecule has 2 nitrogen and oxygen atoms in total. The Morgan fingerprint density at radius 1 is 0.583 bits per heavy atom. The van der Waals surface area contributed by atoms with Crippen molar-refractivity contribution in [3.8, 4) is 11.5 Å². The van der Waals surface area contributed by atoms with Crippen LogP contribution in [0.5, 0.6) is 11.5 Å². The fourth-order valence-electron chi connectivity index (χ4n) is 4.39. The molecule has 7 rings (SSSR count). The smallest absolute Gasteiger partial charge is 0.167 e. The highest BCUT2D eigenvalue weighted by molar-refractivity contribution is 8.50. The molecule has 0 fully saturated rings. The Labute approximate surface area is 246 Å². The molecule has 0 saturated carbocycles. The zero-order valence-electron chi connectivity index (χ0n) is 19.5. The second-order valence-electron chi connectivity index (χ2n) is 8.25. The van der Waals surface area contributed by atoms with Crippen molar-refractivity contribution in [3.63, 3.8) is 0 Å². The van der Waals surface area contributed by atoms with Crippen LogP contribution in [0.25, 0.3) is 0 Å². The molecule has 0 radical (unpaired) electrons. The van der Waals surface area contributed by atoms with Gasteiger partial charge in [0.05, 0.1) is 32.8 Å². The van der Waals surface area contributed by atoms with Crippen LogP contribution in [0, 0.1) is 0 Å². The van der Waals surface area contributed by atoms with Gasteiger partial charge in [-0.3, -0.25) is 0 Å². The van der Waals surface area contributed by atoms with Crippen molar-refractivity contribution in [3.05, 3.63) is 59.7 Å². The van der Waals surface area contributed by atoms with Gasteiger partial charge in [-0.25, -0.2) is 0 Å². The summed E-state index contributed by atoms with van der Waals surface area (Å²) in [7, 11) is 0. The van der Waals surface area contributed by atoms with E-state index in [1.165, 1.54) is 40.5 Å². The standard InChI is InChI=1S/C26H22O2S8/c1-3-27-19-21-23(35-25(33-21)29-13-15-9-5-7-11-17(15)31-25)20(28-4-2)24-22(19)34-26(36-24)30-14-16-10-6-8-12-18(16)32-26/h5-12H,3-4,13-14H2,1-2H3. The maximum atomic E-state index is 6.47. The van der Waals surface area contributed by atoms with Crippen molar-refractivity contribution in [2.75, 3.05) is 13.2 Å². The Hall–Kier alpha value is 0.0600. The molecule has 2 spiro atoms. The third kappa shape index (κ3) is 4.21. The van der Waals surface area contributed by atoms with Crippen LogP contribution in [0.2, 0.25) is 0 Å². The number of hydrogen-bond donors (Lipinski definition) is 0. The molecule has 0 atom stereocenters. The largest absolute Gasteiger partial charge is 0.491 e. The second kappa shape index (κ2) is 9.91. The van der Waals surface area contributed by atoms with Crippen LogP contribution in [0.1, 0.15) is 25.0 Å². The first-order chi connectivity index (χ1) is 17.6. The van der Waals surface area contributed by atoms with Crippen molar-refractivity contribution < 1.29 is 9.47 Å². The summed E-state index contributed by atoms with van der Waals surface area (Å²) < 4.78 is 12.8. The molecule has 10 heteroatoms. The maximum Gasteiger partial charge on any atom is 0.167 e. The van der Waals surface area contributed by atoms with Gasteiger partial charge >= 0.3 is 0 Å². The van der Waals surface area contributed by atoms with E-state index in [0.717, 1.165) is 23.0 Å². The van der Waals surface area contributed by atoms with Crippen LogP contribution in [0.3, 0.4) is 0 Å². The van der Waals surface area contributed by atoms with Crippen molar-refractivity contribution in [2.24, 2.45) is 0 Å². The number of fused-ring (bicyclic) bond motifs is 4. The van der Waals surface area contributed by atoms with Gasteiger partial charge in [-0.15, -0.1) is 23.5 Å². The minimum absolute atomic E-state index is 0.0518. The third-order valence-electron chi connectivity index (χ3n) is 5.95. The summed E-state index contributed by atoms with van der Waals surface area (Å²) in [4.78, 5) is 7.84. The SMILES string of the molecule is CCOc1c2c(c(OCC)c3c1SC1(SCc4ccccc4S1)S3)SC1(SCc3ccccc3S1)S2. The van der Waals surface area contributed by atoms with Crippen molar-refractivity contribution in [1.82, 2.24) is 0 Å². The number of benzene rings is 3. The van der Waals surface area contributed by atoms with E-state index in [-0.39, 0.29) is 5.49 Å². The first-order valence-electron chi connectivity index (χ1n) is 11.7. The van der Waals surface area contributed by atoms with Gasteiger partial charge in [-0.1, -0.05) is 107 Å². The molecular weight excluding hydrogens is 601 g/mol. The molecule has 3 aromatic carbocycles. The number of hydrogen-bond acceptors (Lipinski definition) is 10. The van der Waals surface area contributed by atoms with Gasteiger partial charge in [0.2, 0.25) is 0 Å². The van der Waals surface area contributed by atoms with E-state index in [4.69, 9.17) is 9.47 Å². The second-order valence-corrected chi connectivity index (χ2v) is 21.1. The number of ether oxygens (including phenoxy) is 2. The lowest BCUT2D eigenvalue weighted by Gasteiger charge is -2.32. The summed E-state index contributed by atoms with van der Waals surface area (Å²) in [6.07, 6.45) is 0. The molecular formula is C26H22O2S8. The summed E-state index contributed by atoms with van der Waals surface area (Å²) >= 11 is 15.9. The van der Waals surface area contributed by atoms with Gasteiger partial charge in [-0.2, -0.15) is 0 Å². The van der Waals surface area contributed by atoms with Crippen molar-refractivity contribution >= 4 is 94.1 Å². The summed E-state index contributed by atoms with van der Waals surface area (Å²) in [5.41, 5.74) is 2.88. The normalized spacial score (nSPS) is 20.1. The molecule has 4 aliphatic heterocycles. The lowest BCUT2D eigenvalue weighted by Crippen LogP contribution is -2.12. The topological polar surface area (TPSA) is 18.5 Å². The molecule has 0 aromatic heterocycles. The Bertz CT molecular complexity index is 1220. The molecule has 36 heavy (non-hydrogen) atoms. The maximum absolute atomic E-state index is 6.47. The van der Waals surface area contributed by atoms with E-state index in [2.05, 4.69) is 62.4 Å². The minimum Gasteiger partial charge on any atom is -0.491 e. The number of thioether (sulfide) groups is 8. The molecule has 4 heterocycles. The van der Waals surface area contributed by atoms with E-state index in [1.807, 2.05) is 94.1 Å². The molecule has 4 aliphatic rings. The lowest BCUT2D eigenvalue weighted by molar-refractivity contribution is 0.300. The first-order valence-corrected chi connectivity index (χ1v) is 18.6. The van der Waals surface area contributed by atoms with E-state index in [1.54, 1.807) is 0 Å². The minimum atomic E-state index is -0.0518. The summed E-state index contributed by atoms with van der Waals surface area (Å²) in [6, 6.07) is 17.7. The van der Waals surface area contributed by atoms with Crippen LogP contribution in [-0.4, -0.2) is 18.7 Å². The van der Waals surface area contributed by atoms with E-state index < -0.39 is 0 Å². The molecule has 0 unspecified atom stereocenters. The predicted molar refractivity (Wildman–Crippen MR) is 165 cm³/mol. The molecule has 3 aromatic rings. The fourth-order valence-corrected chi connectivity index (χ4v) is 18.6. The van der Waals surface area contributed by atoms with Gasteiger partial charge in [0, 0.05) is 21.3 Å². The summed E-state index contributed by atoms with van der Waals surface area (Å²) in [5, 5.41) is 0. The molecule has 0 N–H and O–H groups in total. The van der Waals surface area contributed by atoms with E-state index in [0.29, 0.717) is 13.2 Å². The van der Waals surface area contributed by atoms with E-state index in [9.17, 15) is 0 Å². The Balaban J connectivity index is 1.30. The highest BCUT2D eigenvalue weighted by atomic mass is 32.3. The van der Waals surface area contributed by atoms with Crippen molar-refractivity contribution in [2.45, 2.75) is 60.2 Å². The summed E-state index contributed by atoms with van der Waals surface area (Å²) in [6.45, 7) is 5.52. The Kier molecular flexibility index (Phi) is 6.90. The monoisotopic (exact) mass is 622 g/mol. The Morgan fingerprint density at radius 3 is 1.36 bits per heavy atom. The number of rotatable bonds is 4. The molecule has 0 bridgehead atoms. The van der Waals surface area contributed by atoms with Gasteiger partial charge < -0.3 is 9.47 Å². The van der Waals surface area contributed by atoms with Gasteiger partial charge in [0.15, 0.2) is 5.49 Å². The highest BCUT2D eigenvalue weighted by Crippen LogP contribution is 2.79. The molecule has 0 saturated heterocycles. The van der Waals surface area contributed by atoms with Crippen LogP contribution < -0.4 is 9.47 Å². The van der Waals surface area contributed by atoms with Gasteiger partial charge in [0.1, 0.15) is 11.5 Å². The fraction of sp³-hybridized carbons (Fsp3) is 0.308.